The first-order valence-corrected chi connectivity index (χ1v) is 3.14. The third-order valence-electron chi connectivity index (χ3n) is 1.52. The fourth-order valence-electron chi connectivity index (χ4n) is 0.526. The Labute approximate surface area is 51.2 Å². The van der Waals surface area contributed by atoms with Gasteiger partial charge in [-0.3, -0.25) is 0 Å². The van der Waals surface area contributed by atoms with Crippen molar-refractivity contribution in [3.05, 3.63) is 0 Å². The van der Waals surface area contributed by atoms with Gasteiger partial charge in [0.2, 0.25) is 0 Å². The highest BCUT2D eigenvalue weighted by Gasteiger charge is 2.03. The molecule has 2 nitrogen and oxygen atoms in total. The van der Waals surface area contributed by atoms with Gasteiger partial charge in [0.15, 0.2) is 0 Å². The minimum atomic E-state index is 0.290. The summed E-state index contributed by atoms with van der Waals surface area (Å²) in [6, 6.07) is 0.290. The van der Waals surface area contributed by atoms with E-state index in [0.29, 0.717) is 12.0 Å². The van der Waals surface area contributed by atoms with Gasteiger partial charge in [-0.25, -0.2) is 0 Å². The van der Waals surface area contributed by atoms with Crippen LogP contribution in [0.5, 0.6) is 0 Å². The average molecular weight is 116 g/mol. The van der Waals surface area contributed by atoms with E-state index in [4.69, 9.17) is 11.5 Å². The summed E-state index contributed by atoms with van der Waals surface area (Å²) in [5.41, 5.74) is 10.9. The van der Waals surface area contributed by atoms with E-state index in [9.17, 15) is 0 Å². The smallest absolute Gasteiger partial charge is 0.00365 e. The lowest BCUT2D eigenvalue weighted by molar-refractivity contribution is 0.457. The van der Waals surface area contributed by atoms with E-state index in [1.807, 2.05) is 6.92 Å². The Balaban J connectivity index is 3.17. The van der Waals surface area contributed by atoms with Crippen LogP contribution in [-0.4, -0.2) is 12.6 Å². The molecule has 0 spiro atoms. The molecule has 0 unspecified atom stereocenters. The van der Waals surface area contributed by atoms with Crippen LogP contribution in [0.4, 0.5) is 0 Å². The van der Waals surface area contributed by atoms with Gasteiger partial charge in [-0.2, -0.15) is 0 Å². The third-order valence-corrected chi connectivity index (χ3v) is 1.52. The molecule has 0 heterocycles. The molecule has 8 heavy (non-hydrogen) atoms. The maximum absolute atomic E-state index is 5.57. The van der Waals surface area contributed by atoms with Gasteiger partial charge in [-0.15, -0.1) is 0 Å². The van der Waals surface area contributed by atoms with Gasteiger partial charge in [0.1, 0.15) is 0 Å². The van der Waals surface area contributed by atoms with Crippen LogP contribution in [0.1, 0.15) is 20.3 Å². The topological polar surface area (TPSA) is 52.0 Å². The number of hydrogen-bond donors (Lipinski definition) is 2. The Morgan fingerprint density at radius 2 is 1.88 bits per heavy atom. The Morgan fingerprint density at radius 1 is 1.38 bits per heavy atom. The molecular formula is C6H16N2. The van der Waals surface area contributed by atoms with Gasteiger partial charge in [-0.05, 0) is 25.8 Å². The Morgan fingerprint density at radius 3 is 2.00 bits per heavy atom. The van der Waals surface area contributed by atoms with Crippen molar-refractivity contribution in [1.82, 2.24) is 0 Å². The summed E-state index contributed by atoms with van der Waals surface area (Å²) in [5, 5.41) is 0. The molecule has 2 atom stereocenters. The Bertz CT molecular complexity index is 52.5. The second-order valence-electron chi connectivity index (χ2n) is 2.41. The van der Waals surface area contributed by atoms with Gasteiger partial charge in [0, 0.05) is 6.04 Å². The van der Waals surface area contributed by atoms with E-state index in [-0.39, 0.29) is 0 Å². The monoisotopic (exact) mass is 116 g/mol. The van der Waals surface area contributed by atoms with Crippen molar-refractivity contribution in [2.24, 2.45) is 17.4 Å². The SMILES string of the molecule is C[C@H](N)[C@H](C)CCN. The zero-order valence-electron chi connectivity index (χ0n) is 5.72. The molecule has 0 aromatic heterocycles. The highest BCUT2D eigenvalue weighted by Crippen LogP contribution is 2.02. The van der Waals surface area contributed by atoms with E-state index in [1.54, 1.807) is 0 Å². The van der Waals surface area contributed by atoms with Crippen LogP contribution >= 0.6 is 0 Å². The summed E-state index contributed by atoms with van der Waals surface area (Å²) in [6.45, 7) is 4.89. The predicted octanol–water partition coefficient (Wildman–Crippen LogP) is 0.319. The maximum atomic E-state index is 5.57. The molecule has 0 aliphatic heterocycles. The summed E-state index contributed by atoms with van der Waals surface area (Å²) < 4.78 is 0. The maximum Gasteiger partial charge on any atom is 0.00365 e. The highest BCUT2D eigenvalue weighted by molar-refractivity contribution is 4.62. The van der Waals surface area contributed by atoms with Crippen LogP contribution in [0.2, 0.25) is 0 Å². The lowest BCUT2D eigenvalue weighted by Gasteiger charge is -2.12. The van der Waals surface area contributed by atoms with Gasteiger partial charge in [-0.1, -0.05) is 6.92 Å². The van der Waals surface area contributed by atoms with Crippen molar-refractivity contribution in [2.45, 2.75) is 26.3 Å². The molecule has 50 valence electrons. The first-order chi connectivity index (χ1) is 3.68. The Hall–Kier alpha value is -0.0800. The standard InChI is InChI=1S/C6H16N2/c1-5(3-4-7)6(2)8/h5-6H,3-4,7-8H2,1-2H3/t5-,6+/m1/s1. The second-order valence-corrected chi connectivity index (χ2v) is 2.41. The normalized spacial score (nSPS) is 18.0. The Kier molecular flexibility index (Phi) is 3.83. The molecule has 0 aromatic carbocycles. The first kappa shape index (κ1) is 7.92. The molecule has 0 fully saturated rings. The van der Waals surface area contributed by atoms with Crippen LogP contribution in [0.3, 0.4) is 0 Å². The molecule has 0 aliphatic carbocycles. The third kappa shape index (κ3) is 2.99. The van der Waals surface area contributed by atoms with Crippen molar-refractivity contribution in [1.29, 1.82) is 0 Å². The van der Waals surface area contributed by atoms with Gasteiger partial charge in [0.05, 0.1) is 0 Å². The lowest BCUT2D eigenvalue weighted by Crippen LogP contribution is -2.25. The highest BCUT2D eigenvalue weighted by atomic mass is 14.6. The first-order valence-electron chi connectivity index (χ1n) is 3.14. The van der Waals surface area contributed by atoms with Crippen LogP contribution < -0.4 is 11.5 Å². The zero-order valence-corrected chi connectivity index (χ0v) is 5.72. The molecule has 0 aromatic rings. The lowest BCUT2D eigenvalue weighted by atomic mass is 10.0. The molecule has 0 saturated carbocycles. The fourth-order valence-corrected chi connectivity index (χ4v) is 0.526. The quantitative estimate of drug-likeness (QED) is 0.558. The summed E-state index contributed by atoms with van der Waals surface area (Å²) in [5.74, 6) is 0.569. The van der Waals surface area contributed by atoms with Crippen molar-refractivity contribution < 1.29 is 0 Å². The minimum absolute atomic E-state index is 0.290. The molecule has 0 saturated heterocycles. The van der Waals surface area contributed by atoms with Crippen molar-refractivity contribution in [3.8, 4) is 0 Å². The van der Waals surface area contributed by atoms with Crippen molar-refractivity contribution >= 4 is 0 Å². The van der Waals surface area contributed by atoms with E-state index in [0.717, 1.165) is 13.0 Å². The zero-order chi connectivity index (χ0) is 6.57. The number of nitrogens with two attached hydrogens (primary N) is 2. The average Bonchev–Trinajstić information content (AvgIpc) is 1.67. The second kappa shape index (κ2) is 3.87. The van der Waals surface area contributed by atoms with Crippen LogP contribution in [0, 0.1) is 5.92 Å². The van der Waals surface area contributed by atoms with Crippen molar-refractivity contribution in [2.75, 3.05) is 6.54 Å². The van der Waals surface area contributed by atoms with Crippen molar-refractivity contribution in [3.63, 3.8) is 0 Å². The van der Waals surface area contributed by atoms with Gasteiger partial charge < -0.3 is 11.5 Å². The van der Waals surface area contributed by atoms with Crippen LogP contribution in [-0.2, 0) is 0 Å². The summed E-state index contributed by atoms with van der Waals surface area (Å²) in [6.07, 6.45) is 1.04. The molecular weight excluding hydrogens is 100 g/mol. The molecule has 0 bridgehead atoms. The molecule has 0 radical (unpaired) electrons. The molecule has 2 heteroatoms. The minimum Gasteiger partial charge on any atom is -0.330 e. The predicted molar refractivity (Wildman–Crippen MR) is 36.5 cm³/mol. The van der Waals surface area contributed by atoms with Crippen LogP contribution in [0.25, 0.3) is 0 Å². The van der Waals surface area contributed by atoms with Crippen LogP contribution in [0.15, 0.2) is 0 Å². The number of hydrogen-bond acceptors (Lipinski definition) is 2. The number of rotatable bonds is 3. The summed E-state index contributed by atoms with van der Waals surface area (Å²) in [4.78, 5) is 0. The molecule has 4 N–H and O–H groups in total. The molecule has 0 rings (SSSR count). The van der Waals surface area contributed by atoms with E-state index in [1.165, 1.54) is 0 Å². The van der Waals surface area contributed by atoms with E-state index in [2.05, 4.69) is 6.92 Å². The molecule has 0 aliphatic rings. The molecule has 0 amide bonds. The van der Waals surface area contributed by atoms with E-state index >= 15 is 0 Å². The van der Waals surface area contributed by atoms with Gasteiger partial charge in [0.25, 0.3) is 0 Å². The van der Waals surface area contributed by atoms with Gasteiger partial charge >= 0.3 is 0 Å². The largest absolute Gasteiger partial charge is 0.330 e. The van der Waals surface area contributed by atoms with E-state index < -0.39 is 0 Å². The summed E-state index contributed by atoms with van der Waals surface area (Å²) in [7, 11) is 0. The summed E-state index contributed by atoms with van der Waals surface area (Å²) >= 11 is 0. The fraction of sp³-hybridized carbons (Fsp3) is 1.00.